The molecular weight excluding hydrogens is 266 g/mol. The van der Waals surface area contributed by atoms with E-state index in [0.717, 1.165) is 17.0 Å². The van der Waals surface area contributed by atoms with Gasteiger partial charge in [0.1, 0.15) is 5.76 Å². The quantitative estimate of drug-likeness (QED) is 0.886. The summed E-state index contributed by atoms with van der Waals surface area (Å²) in [7, 11) is 0. The zero-order valence-electron chi connectivity index (χ0n) is 12.7. The van der Waals surface area contributed by atoms with Crippen LogP contribution in [0.2, 0.25) is 0 Å². The normalized spacial score (nSPS) is 10.4. The van der Waals surface area contributed by atoms with E-state index in [1.54, 1.807) is 4.90 Å². The maximum atomic E-state index is 12.3. The van der Waals surface area contributed by atoms with Gasteiger partial charge in [-0.25, -0.2) is 0 Å². The van der Waals surface area contributed by atoms with E-state index in [0.29, 0.717) is 25.3 Å². The average Bonchev–Trinajstić information content (AvgIpc) is 2.85. The average molecular weight is 287 g/mol. The van der Waals surface area contributed by atoms with Crippen molar-refractivity contribution < 1.29 is 9.32 Å². The zero-order chi connectivity index (χ0) is 15.2. The van der Waals surface area contributed by atoms with E-state index in [-0.39, 0.29) is 5.91 Å². The maximum absolute atomic E-state index is 12.3. The van der Waals surface area contributed by atoms with Crippen LogP contribution in [0.15, 0.2) is 34.9 Å². The van der Waals surface area contributed by atoms with Gasteiger partial charge in [0.2, 0.25) is 5.91 Å². The highest BCUT2D eigenvalue weighted by atomic mass is 16.5. The van der Waals surface area contributed by atoms with E-state index in [4.69, 9.17) is 4.52 Å². The largest absolute Gasteiger partial charge is 0.367 e. The van der Waals surface area contributed by atoms with Crippen LogP contribution >= 0.6 is 0 Å². The Morgan fingerprint density at radius 3 is 2.76 bits per heavy atom. The Hall–Kier alpha value is -2.30. The minimum absolute atomic E-state index is 0.0933. The van der Waals surface area contributed by atoms with Gasteiger partial charge in [-0.1, -0.05) is 17.3 Å². The number of carbonyl (C=O) groups is 1. The molecule has 5 heteroatoms. The molecule has 0 atom stereocenters. The molecule has 0 aliphatic heterocycles. The lowest BCUT2D eigenvalue weighted by molar-refractivity contribution is -0.118. The van der Waals surface area contributed by atoms with Crippen LogP contribution in [0.4, 0.5) is 11.5 Å². The van der Waals surface area contributed by atoms with Gasteiger partial charge in [0.15, 0.2) is 5.82 Å². The minimum Gasteiger partial charge on any atom is -0.367 e. The molecule has 0 aliphatic carbocycles. The lowest BCUT2D eigenvalue weighted by Crippen LogP contribution is -2.31. The van der Waals surface area contributed by atoms with E-state index in [2.05, 4.69) is 10.5 Å². The van der Waals surface area contributed by atoms with Crippen molar-refractivity contribution in [3.8, 4) is 0 Å². The fraction of sp³-hybridized carbons (Fsp3) is 0.375. The first-order valence-electron chi connectivity index (χ1n) is 7.14. The number of hydrogen-bond acceptors (Lipinski definition) is 4. The smallest absolute Gasteiger partial charge is 0.228 e. The number of aryl methyl sites for hydroxylation is 2. The molecular formula is C16H21N3O2. The van der Waals surface area contributed by atoms with Crippen molar-refractivity contribution in [3.63, 3.8) is 0 Å². The first-order chi connectivity index (χ1) is 10.1. The molecule has 0 saturated heterocycles. The highest BCUT2D eigenvalue weighted by Crippen LogP contribution is 2.16. The fourth-order valence-electron chi connectivity index (χ4n) is 2.18. The molecule has 1 N–H and O–H groups in total. The van der Waals surface area contributed by atoms with Gasteiger partial charge < -0.3 is 14.7 Å². The van der Waals surface area contributed by atoms with Crippen LogP contribution in [0.5, 0.6) is 0 Å². The summed E-state index contributed by atoms with van der Waals surface area (Å²) >= 11 is 0. The Labute approximate surface area is 124 Å². The summed E-state index contributed by atoms with van der Waals surface area (Å²) < 4.78 is 4.97. The minimum atomic E-state index is 0.0933. The zero-order valence-corrected chi connectivity index (χ0v) is 12.7. The molecule has 1 heterocycles. The van der Waals surface area contributed by atoms with E-state index >= 15 is 0 Å². The number of hydrogen-bond donors (Lipinski definition) is 1. The molecule has 0 bridgehead atoms. The molecule has 1 aromatic carbocycles. The van der Waals surface area contributed by atoms with Crippen molar-refractivity contribution in [2.75, 3.05) is 23.3 Å². The molecule has 1 aromatic heterocycles. The number of amides is 1. The fourth-order valence-corrected chi connectivity index (χ4v) is 2.18. The second kappa shape index (κ2) is 6.92. The van der Waals surface area contributed by atoms with Gasteiger partial charge in [-0.2, -0.15) is 0 Å². The standard InChI is InChI=1S/C16H21N3O2/c1-4-19(14-7-5-6-12(2)10-14)16(20)8-9-17-15-11-13(3)21-18-15/h5-7,10-11H,4,8-9H2,1-3H3,(H,17,18). The molecule has 21 heavy (non-hydrogen) atoms. The number of aromatic nitrogens is 1. The van der Waals surface area contributed by atoms with Crippen molar-refractivity contribution in [2.24, 2.45) is 0 Å². The Morgan fingerprint density at radius 2 is 2.14 bits per heavy atom. The Morgan fingerprint density at radius 1 is 1.33 bits per heavy atom. The molecule has 1 amide bonds. The van der Waals surface area contributed by atoms with E-state index in [9.17, 15) is 4.79 Å². The highest BCUT2D eigenvalue weighted by Gasteiger charge is 2.13. The summed E-state index contributed by atoms with van der Waals surface area (Å²) in [5, 5.41) is 6.92. The van der Waals surface area contributed by atoms with Gasteiger partial charge >= 0.3 is 0 Å². The van der Waals surface area contributed by atoms with Crippen molar-refractivity contribution >= 4 is 17.4 Å². The number of nitrogens with zero attached hydrogens (tertiary/aromatic N) is 2. The summed E-state index contributed by atoms with van der Waals surface area (Å²) in [5.41, 5.74) is 2.09. The third kappa shape index (κ3) is 4.08. The molecule has 0 unspecified atom stereocenters. The lowest BCUT2D eigenvalue weighted by atomic mass is 10.2. The number of rotatable bonds is 6. The van der Waals surface area contributed by atoms with Crippen molar-refractivity contribution in [2.45, 2.75) is 27.2 Å². The molecule has 0 radical (unpaired) electrons. The molecule has 112 valence electrons. The summed E-state index contributed by atoms with van der Waals surface area (Å²) in [6.45, 7) is 7.03. The predicted molar refractivity (Wildman–Crippen MR) is 83.6 cm³/mol. The van der Waals surface area contributed by atoms with Crippen LogP contribution in [-0.4, -0.2) is 24.2 Å². The summed E-state index contributed by atoms with van der Waals surface area (Å²) in [6, 6.07) is 9.79. The van der Waals surface area contributed by atoms with Crippen molar-refractivity contribution in [1.29, 1.82) is 0 Å². The number of anilines is 2. The van der Waals surface area contributed by atoms with Crippen LogP contribution in [0.1, 0.15) is 24.7 Å². The van der Waals surface area contributed by atoms with E-state index in [1.165, 1.54) is 0 Å². The number of nitrogens with one attached hydrogen (secondary N) is 1. The first-order valence-corrected chi connectivity index (χ1v) is 7.14. The molecule has 5 nitrogen and oxygen atoms in total. The lowest BCUT2D eigenvalue weighted by Gasteiger charge is -2.21. The van der Waals surface area contributed by atoms with E-state index < -0.39 is 0 Å². The predicted octanol–water partition coefficient (Wildman–Crippen LogP) is 3.15. The second-order valence-corrected chi connectivity index (χ2v) is 4.98. The maximum Gasteiger partial charge on any atom is 0.228 e. The second-order valence-electron chi connectivity index (χ2n) is 4.98. The monoisotopic (exact) mass is 287 g/mol. The van der Waals surface area contributed by atoms with Crippen molar-refractivity contribution in [1.82, 2.24) is 5.16 Å². The first kappa shape index (κ1) is 15.1. The molecule has 2 rings (SSSR count). The van der Waals surface area contributed by atoms with Crippen LogP contribution in [0, 0.1) is 13.8 Å². The number of carbonyl (C=O) groups excluding carboxylic acids is 1. The van der Waals surface area contributed by atoms with Gasteiger partial charge in [-0.05, 0) is 38.5 Å². The summed E-state index contributed by atoms with van der Waals surface area (Å²) in [6.07, 6.45) is 0.410. The van der Waals surface area contributed by atoms with Crippen LogP contribution in [-0.2, 0) is 4.79 Å². The van der Waals surface area contributed by atoms with Gasteiger partial charge in [-0.15, -0.1) is 0 Å². The Kier molecular flexibility index (Phi) is 4.98. The van der Waals surface area contributed by atoms with Gasteiger partial charge in [-0.3, -0.25) is 4.79 Å². The Balaban J connectivity index is 1.91. The third-order valence-corrected chi connectivity index (χ3v) is 3.20. The number of benzene rings is 1. The highest BCUT2D eigenvalue weighted by molar-refractivity contribution is 5.93. The van der Waals surface area contributed by atoms with Gasteiger partial charge in [0, 0.05) is 31.3 Å². The van der Waals surface area contributed by atoms with E-state index in [1.807, 2.05) is 51.1 Å². The van der Waals surface area contributed by atoms with Crippen LogP contribution < -0.4 is 10.2 Å². The molecule has 2 aromatic rings. The molecule has 0 aliphatic rings. The van der Waals surface area contributed by atoms with Crippen LogP contribution in [0.3, 0.4) is 0 Å². The molecule has 0 saturated carbocycles. The molecule has 0 spiro atoms. The summed E-state index contributed by atoms with van der Waals surface area (Å²) in [5.74, 6) is 1.51. The summed E-state index contributed by atoms with van der Waals surface area (Å²) in [4.78, 5) is 14.1. The third-order valence-electron chi connectivity index (χ3n) is 3.20. The van der Waals surface area contributed by atoms with Gasteiger partial charge in [0.05, 0.1) is 0 Å². The topological polar surface area (TPSA) is 58.4 Å². The SMILES string of the molecule is CCN(C(=O)CCNc1cc(C)on1)c1cccc(C)c1. The van der Waals surface area contributed by atoms with Gasteiger partial charge in [0.25, 0.3) is 0 Å². The molecule has 0 fully saturated rings. The van der Waals surface area contributed by atoms with Crippen molar-refractivity contribution in [3.05, 3.63) is 41.7 Å². The Bertz CT molecular complexity index is 607. The van der Waals surface area contributed by atoms with Crippen LogP contribution in [0.25, 0.3) is 0 Å².